The molecular formula is C23H26N8. The van der Waals surface area contributed by atoms with Crippen molar-refractivity contribution < 1.29 is 0 Å². The van der Waals surface area contributed by atoms with E-state index < -0.39 is 0 Å². The van der Waals surface area contributed by atoms with Crippen molar-refractivity contribution in [3.63, 3.8) is 0 Å². The molecule has 6 rings (SSSR count). The van der Waals surface area contributed by atoms with Crippen molar-refractivity contribution in [2.75, 3.05) is 24.5 Å². The number of hydrogen-bond acceptors (Lipinski definition) is 6. The number of pyridine rings is 2. The second kappa shape index (κ2) is 7.77. The summed E-state index contributed by atoms with van der Waals surface area (Å²) in [5.74, 6) is 0.876. The van der Waals surface area contributed by atoms with Crippen molar-refractivity contribution in [1.82, 2.24) is 34.7 Å². The van der Waals surface area contributed by atoms with Crippen LogP contribution in [-0.4, -0.2) is 49.0 Å². The van der Waals surface area contributed by atoms with Gasteiger partial charge in [-0.15, -0.1) is 5.10 Å². The van der Waals surface area contributed by atoms with Crippen LogP contribution in [0.25, 0.3) is 16.9 Å². The van der Waals surface area contributed by atoms with E-state index in [2.05, 4.69) is 60.5 Å². The molecule has 1 N–H and O–H groups in total. The van der Waals surface area contributed by atoms with Crippen LogP contribution in [0.1, 0.15) is 30.5 Å². The maximum atomic E-state index is 4.74. The van der Waals surface area contributed by atoms with E-state index in [4.69, 9.17) is 4.98 Å². The number of nitrogens with one attached hydrogen (secondary N) is 1. The van der Waals surface area contributed by atoms with E-state index in [0.29, 0.717) is 6.54 Å². The van der Waals surface area contributed by atoms with Gasteiger partial charge in [0.15, 0.2) is 0 Å². The number of aromatic nitrogens is 6. The first-order valence-electron chi connectivity index (χ1n) is 11.1. The predicted molar refractivity (Wildman–Crippen MR) is 119 cm³/mol. The molecular weight excluding hydrogens is 388 g/mol. The summed E-state index contributed by atoms with van der Waals surface area (Å²) in [5, 5.41) is 12.2. The van der Waals surface area contributed by atoms with Gasteiger partial charge in [-0.3, -0.25) is 4.98 Å². The van der Waals surface area contributed by atoms with Crippen molar-refractivity contribution in [3.8, 4) is 11.3 Å². The molecule has 4 aromatic rings. The third kappa shape index (κ3) is 4.03. The first-order chi connectivity index (χ1) is 15.3. The largest absolute Gasteiger partial charge is 0.367 e. The predicted octanol–water partition coefficient (Wildman–Crippen LogP) is 2.75. The highest BCUT2D eigenvalue weighted by molar-refractivity contribution is 5.64. The zero-order chi connectivity index (χ0) is 20.6. The lowest BCUT2D eigenvalue weighted by atomic mass is 9.85. The Bertz CT molecular complexity index is 1200. The quantitative estimate of drug-likeness (QED) is 0.447. The minimum absolute atomic E-state index is 0.586. The molecule has 2 fully saturated rings. The Kier molecular flexibility index (Phi) is 4.64. The van der Waals surface area contributed by atoms with E-state index >= 15 is 0 Å². The summed E-state index contributed by atoms with van der Waals surface area (Å²) in [6.07, 6.45) is 14.1. The van der Waals surface area contributed by atoms with Gasteiger partial charge in [0, 0.05) is 43.8 Å². The lowest BCUT2D eigenvalue weighted by Gasteiger charge is -2.25. The highest BCUT2D eigenvalue weighted by Gasteiger charge is 2.19. The van der Waals surface area contributed by atoms with Gasteiger partial charge in [-0.05, 0) is 43.0 Å². The Balaban J connectivity index is 1.14. The molecule has 1 saturated carbocycles. The van der Waals surface area contributed by atoms with Crippen molar-refractivity contribution in [2.24, 2.45) is 5.92 Å². The molecule has 1 aliphatic heterocycles. The second-order valence-corrected chi connectivity index (χ2v) is 8.68. The average molecular weight is 415 g/mol. The van der Waals surface area contributed by atoms with Crippen LogP contribution in [-0.2, 0) is 13.1 Å². The van der Waals surface area contributed by atoms with Gasteiger partial charge in [0.1, 0.15) is 11.3 Å². The van der Waals surface area contributed by atoms with Gasteiger partial charge in [-0.2, -0.15) is 0 Å². The Morgan fingerprint density at radius 3 is 2.84 bits per heavy atom. The summed E-state index contributed by atoms with van der Waals surface area (Å²) in [7, 11) is 0. The molecule has 0 spiro atoms. The van der Waals surface area contributed by atoms with E-state index in [9.17, 15) is 0 Å². The Hall–Kier alpha value is -3.26. The van der Waals surface area contributed by atoms with Crippen molar-refractivity contribution >= 4 is 11.3 Å². The summed E-state index contributed by atoms with van der Waals surface area (Å²) in [5.41, 5.74) is 6.16. The van der Waals surface area contributed by atoms with E-state index in [1.165, 1.54) is 24.8 Å². The lowest BCUT2D eigenvalue weighted by molar-refractivity contribution is 0.301. The first kappa shape index (κ1) is 18.5. The molecule has 2 aliphatic rings. The number of fused-ring (bicyclic) bond motifs is 1. The van der Waals surface area contributed by atoms with Gasteiger partial charge >= 0.3 is 0 Å². The number of anilines is 1. The van der Waals surface area contributed by atoms with Crippen LogP contribution in [0.4, 0.5) is 5.69 Å². The molecule has 0 amide bonds. The summed E-state index contributed by atoms with van der Waals surface area (Å²) in [6, 6.07) is 6.37. The Morgan fingerprint density at radius 1 is 1.06 bits per heavy atom. The summed E-state index contributed by atoms with van der Waals surface area (Å²) in [6.45, 7) is 4.81. The van der Waals surface area contributed by atoms with Crippen LogP contribution in [0.5, 0.6) is 0 Å². The molecule has 0 radical (unpaired) electrons. The van der Waals surface area contributed by atoms with Crippen LogP contribution in [0.15, 0.2) is 49.2 Å². The summed E-state index contributed by atoms with van der Waals surface area (Å²) < 4.78 is 3.94. The van der Waals surface area contributed by atoms with Gasteiger partial charge in [-0.1, -0.05) is 17.7 Å². The van der Waals surface area contributed by atoms with Gasteiger partial charge in [0.25, 0.3) is 0 Å². The maximum absolute atomic E-state index is 4.74. The van der Waals surface area contributed by atoms with Crippen LogP contribution in [0.3, 0.4) is 0 Å². The molecule has 1 saturated heterocycles. The topological polar surface area (TPSA) is 75.9 Å². The molecule has 0 aromatic carbocycles. The van der Waals surface area contributed by atoms with E-state index in [1.54, 1.807) is 0 Å². The van der Waals surface area contributed by atoms with Gasteiger partial charge in [0.05, 0.1) is 30.3 Å². The van der Waals surface area contributed by atoms with E-state index in [0.717, 1.165) is 60.4 Å². The van der Waals surface area contributed by atoms with Gasteiger partial charge < -0.3 is 14.6 Å². The molecule has 0 atom stereocenters. The fourth-order valence-corrected chi connectivity index (χ4v) is 4.11. The number of rotatable bonds is 8. The smallest absolute Gasteiger partial charge is 0.137 e. The molecule has 1 aliphatic carbocycles. The SMILES string of the molecule is c1cc2nc(Cn3cc(-c4cncc(N5CC5)c4)nn3)cn2cc1CNCC1CCC1. The van der Waals surface area contributed by atoms with Crippen molar-refractivity contribution in [3.05, 3.63) is 60.4 Å². The molecule has 5 heterocycles. The number of hydrogen-bond donors (Lipinski definition) is 1. The number of nitrogens with zero attached hydrogens (tertiary/aromatic N) is 7. The minimum atomic E-state index is 0.586. The lowest BCUT2D eigenvalue weighted by Crippen LogP contribution is -2.26. The molecule has 0 bridgehead atoms. The minimum Gasteiger partial charge on any atom is -0.367 e. The molecule has 8 nitrogen and oxygen atoms in total. The Morgan fingerprint density at radius 2 is 2.00 bits per heavy atom. The highest BCUT2D eigenvalue weighted by atomic mass is 15.4. The van der Waals surface area contributed by atoms with Crippen LogP contribution in [0, 0.1) is 5.92 Å². The number of imidazole rings is 1. The molecule has 31 heavy (non-hydrogen) atoms. The second-order valence-electron chi connectivity index (χ2n) is 8.68. The first-order valence-corrected chi connectivity index (χ1v) is 11.1. The average Bonchev–Trinajstić information content (AvgIpc) is 3.38. The Labute approximate surface area is 180 Å². The van der Waals surface area contributed by atoms with Crippen LogP contribution >= 0.6 is 0 Å². The third-order valence-electron chi connectivity index (χ3n) is 6.24. The normalized spacial score (nSPS) is 16.1. The standard InChI is InChI=1S/C23H26N8/c1-2-17(3-1)9-24-10-18-4-5-23-26-20(14-30(23)13-18)15-31-16-22(27-28-31)19-8-21(12-25-11-19)29-6-7-29/h4-5,8,11-14,16-17,24H,1-3,6-7,9-10,15H2. The van der Waals surface area contributed by atoms with Crippen molar-refractivity contribution in [1.29, 1.82) is 0 Å². The third-order valence-corrected chi connectivity index (χ3v) is 6.24. The van der Waals surface area contributed by atoms with Crippen molar-refractivity contribution in [2.45, 2.75) is 32.4 Å². The molecule has 158 valence electrons. The van der Waals surface area contributed by atoms with E-state index in [1.807, 2.05) is 23.3 Å². The van der Waals surface area contributed by atoms with Crippen LogP contribution in [0.2, 0.25) is 0 Å². The molecule has 8 heteroatoms. The zero-order valence-corrected chi connectivity index (χ0v) is 17.5. The zero-order valence-electron chi connectivity index (χ0n) is 17.5. The van der Waals surface area contributed by atoms with E-state index in [-0.39, 0.29) is 0 Å². The van der Waals surface area contributed by atoms with Gasteiger partial charge in [-0.25, -0.2) is 9.67 Å². The maximum Gasteiger partial charge on any atom is 0.137 e. The fourth-order valence-electron chi connectivity index (χ4n) is 4.11. The van der Waals surface area contributed by atoms with Crippen LogP contribution < -0.4 is 10.2 Å². The monoisotopic (exact) mass is 414 g/mol. The fraction of sp³-hybridized carbons (Fsp3) is 0.391. The molecule has 0 unspecified atom stereocenters. The summed E-state index contributed by atoms with van der Waals surface area (Å²) in [4.78, 5) is 11.4. The van der Waals surface area contributed by atoms with Gasteiger partial charge in [0.2, 0.25) is 0 Å². The summed E-state index contributed by atoms with van der Waals surface area (Å²) >= 11 is 0. The molecule has 4 aromatic heterocycles. The highest BCUT2D eigenvalue weighted by Crippen LogP contribution is 2.26.